The number of hydrogen-bond acceptors (Lipinski definition) is 5. The molecule has 0 unspecified atom stereocenters. The van der Waals surface area contributed by atoms with E-state index in [1.165, 1.54) is 6.07 Å². The molecule has 27 heavy (non-hydrogen) atoms. The summed E-state index contributed by atoms with van der Waals surface area (Å²) >= 11 is 0. The molecule has 0 atom stereocenters. The van der Waals surface area contributed by atoms with E-state index in [4.69, 9.17) is 14.9 Å². The first-order valence-corrected chi connectivity index (χ1v) is 8.59. The summed E-state index contributed by atoms with van der Waals surface area (Å²) in [5.74, 6) is 0.661. The lowest BCUT2D eigenvalue weighted by Crippen LogP contribution is -2.39. The van der Waals surface area contributed by atoms with E-state index in [1.807, 2.05) is 27.7 Å². The molecule has 10 heteroatoms. The van der Waals surface area contributed by atoms with Crippen LogP contribution in [0.3, 0.4) is 0 Å². The molecule has 0 saturated carbocycles. The van der Waals surface area contributed by atoms with Gasteiger partial charge in [-0.3, -0.25) is 4.79 Å². The summed E-state index contributed by atoms with van der Waals surface area (Å²) in [6.45, 7) is 9.49. The molecule has 0 aliphatic carbocycles. The van der Waals surface area contributed by atoms with Gasteiger partial charge in [0.15, 0.2) is 11.7 Å². The Morgan fingerprint density at radius 3 is 2.41 bits per heavy atom. The number of carbonyl (C=O) groups is 2. The molecular weight excluding hydrogens is 465 g/mol. The van der Waals surface area contributed by atoms with Crippen molar-refractivity contribution in [1.29, 1.82) is 0 Å². The zero-order chi connectivity index (χ0) is 19.6. The Hall–Kier alpha value is -1.98. The van der Waals surface area contributed by atoms with Crippen LogP contribution in [0.1, 0.15) is 50.4 Å². The van der Waals surface area contributed by atoms with Crippen LogP contribution in [0.4, 0.5) is 4.79 Å². The fourth-order valence-electron chi connectivity index (χ4n) is 1.89. The minimum Gasteiger partial charge on any atom is -0.454 e. The molecule has 1 aromatic rings. The second kappa shape index (κ2) is 12.4. The number of hydrogen-bond donors (Lipinski definition) is 4. The van der Waals surface area contributed by atoms with Gasteiger partial charge >= 0.3 is 6.09 Å². The van der Waals surface area contributed by atoms with Crippen LogP contribution in [0.25, 0.3) is 0 Å². The van der Waals surface area contributed by atoms with Crippen LogP contribution in [0.15, 0.2) is 21.5 Å². The molecule has 0 fully saturated rings. The van der Waals surface area contributed by atoms with Crippen LogP contribution >= 0.6 is 24.0 Å². The van der Waals surface area contributed by atoms with E-state index >= 15 is 0 Å². The summed E-state index contributed by atoms with van der Waals surface area (Å²) in [4.78, 5) is 26.9. The number of nitrogens with two attached hydrogens (primary N) is 1. The third kappa shape index (κ3) is 11.4. The van der Waals surface area contributed by atoms with Gasteiger partial charge in [-0.05, 0) is 46.2 Å². The van der Waals surface area contributed by atoms with Gasteiger partial charge in [0.1, 0.15) is 17.9 Å². The van der Waals surface area contributed by atoms with Crippen LogP contribution in [0, 0.1) is 0 Å². The number of nitrogens with zero attached hydrogens (tertiary/aromatic N) is 1. The Bertz CT molecular complexity index is 625. The number of ether oxygens (including phenoxy) is 1. The van der Waals surface area contributed by atoms with Crippen molar-refractivity contribution in [2.45, 2.75) is 46.3 Å². The first-order chi connectivity index (χ1) is 12.2. The number of nitrogens with one attached hydrogen (secondary N) is 3. The zero-order valence-electron chi connectivity index (χ0n) is 16.3. The highest BCUT2D eigenvalue weighted by atomic mass is 127. The number of amides is 2. The minimum atomic E-state index is -0.609. The van der Waals surface area contributed by atoms with Crippen LogP contribution in [0.2, 0.25) is 0 Å². The van der Waals surface area contributed by atoms with Gasteiger partial charge in [-0.1, -0.05) is 0 Å². The van der Waals surface area contributed by atoms with Gasteiger partial charge < -0.3 is 30.8 Å². The highest BCUT2D eigenvalue weighted by Crippen LogP contribution is 2.08. The van der Waals surface area contributed by atoms with Crippen molar-refractivity contribution in [2.24, 2.45) is 10.7 Å². The molecule has 5 N–H and O–H groups in total. The lowest BCUT2D eigenvalue weighted by Gasteiger charge is -2.19. The molecule has 0 saturated heterocycles. The van der Waals surface area contributed by atoms with Crippen molar-refractivity contribution in [1.82, 2.24) is 16.0 Å². The van der Waals surface area contributed by atoms with E-state index in [0.29, 0.717) is 37.8 Å². The molecule has 1 heterocycles. The standard InChI is InChI=1S/C17H29N5O4.HI/c1-5-19-15(22-11-12-7-8-13(25-12)14(18)23)20-9-6-10-21-16(24)26-17(2,3)4;/h7-8H,5-6,9-11H2,1-4H3,(H2,18,23)(H,21,24)(H2,19,20,22);1H. The normalized spacial score (nSPS) is 11.3. The average Bonchev–Trinajstić information content (AvgIpc) is 2.99. The predicted molar refractivity (Wildman–Crippen MR) is 114 cm³/mol. The third-order valence-corrected chi connectivity index (χ3v) is 2.96. The third-order valence-electron chi connectivity index (χ3n) is 2.96. The molecule has 0 aromatic carbocycles. The van der Waals surface area contributed by atoms with Crippen molar-refractivity contribution in [3.63, 3.8) is 0 Å². The molecule has 154 valence electrons. The summed E-state index contributed by atoms with van der Waals surface area (Å²) in [5, 5.41) is 8.96. The topological polar surface area (TPSA) is 131 Å². The fraction of sp³-hybridized carbons (Fsp3) is 0.588. The lowest BCUT2D eigenvalue weighted by molar-refractivity contribution is 0.0527. The summed E-state index contributed by atoms with van der Waals surface area (Å²) in [5.41, 5.74) is 4.64. The summed E-state index contributed by atoms with van der Waals surface area (Å²) in [6.07, 6.45) is 0.275. The number of carbonyl (C=O) groups excluding carboxylic acids is 2. The van der Waals surface area contributed by atoms with Crippen molar-refractivity contribution in [2.75, 3.05) is 19.6 Å². The molecule has 1 rings (SSSR count). The second-order valence-electron chi connectivity index (χ2n) is 6.53. The number of rotatable bonds is 8. The minimum absolute atomic E-state index is 0. The number of guanidine groups is 1. The number of furan rings is 1. The van der Waals surface area contributed by atoms with Crippen molar-refractivity contribution in [3.8, 4) is 0 Å². The van der Waals surface area contributed by atoms with Gasteiger partial charge in [0.2, 0.25) is 0 Å². The van der Waals surface area contributed by atoms with Gasteiger partial charge in [0, 0.05) is 19.6 Å². The summed E-state index contributed by atoms with van der Waals surface area (Å²) < 4.78 is 10.4. The monoisotopic (exact) mass is 495 g/mol. The quantitative estimate of drug-likeness (QED) is 0.189. The van der Waals surface area contributed by atoms with E-state index in [0.717, 1.165) is 0 Å². The van der Waals surface area contributed by atoms with Crippen molar-refractivity contribution >= 4 is 41.9 Å². The first kappa shape index (κ1) is 25.0. The summed E-state index contributed by atoms with van der Waals surface area (Å²) in [7, 11) is 0. The van der Waals surface area contributed by atoms with Gasteiger partial charge in [-0.2, -0.15) is 0 Å². The number of halogens is 1. The van der Waals surface area contributed by atoms with Crippen molar-refractivity contribution < 1.29 is 18.7 Å². The smallest absolute Gasteiger partial charge is 0.407 e. The summed E-state index contributed by atoms with van der Waals surface area (Å²) in [6, 6.07) is 3.19. The lowest BCUT2D eigenvalue weighted by atomic mass is 10.2. The SMILES string of the molecule is CCNC(=NCc1ccc(C(N)=O)o1)NCCCNC(=O)OC(C)(C)C.I. The molecule has 0 aliphatic rings. The van der Waals surface area contributed by atoms with Crippen LogP contribution < -0.4 is 21.7 Å². The maximum atomic E-state index is 11.5. The largest absolute Gasteiger partial charge is 0.454 e. The molecule has 0 bridgehead atoms. The Morgan fingerprint density at radius 2 is 1.85 bits per heavy atom. The van der Waals surface area contributed by atoms with Gasteiger partial charge in [-0.25, -0.2) is 9.79 Å². The molecular formula is C17H30IN5O4. The second-order valence-corrected chi connectivity index (χ2v) is 6.53. The van der Waals surface area contributed by atoms with Gasteiger partial charge in [0.25, 0.3) is 5.91 Å². The maximum Gasteiger partial charge on any atom is 0.407 e. The molecule has 2 amide bonds. The van der Waals surface area contributed by atoms with Crippen molar-refractivity contribution in [3.05, 3.63) is 23.7 Å². The Balaban J connectivity index is 0.00000676. The van der Waals surface area contributed by atoms with E-state index < -0.39 is 17.6 Å². The van der Waals surface area contributed by atoms with Crippen LogP contribution in [-0.2, 0) is 11.3 Å². The Kier molecular flexibility index (Phi) is 11.5. The molecule has 0 aliphatic heterocycles. The Morgan fingerprint density at radius 1 is 1.19 bits per heavy atom. The molecule has 9 nitrogen and oxygen atoms in total. The molecule has 1 aromatic heterocycles. The number of primary amides is 1. The van der Waals surface area contributed by atoms with Gasteiger partial charge in [0.05, 0.1) is 0 Å². The zero-order valence-corrected chi connectivity index (χ0v) is 18.6. The number of aliphatic imine (C=N–C) groups is 1. The molecule has 0 spiro atoms. The maximum absolute atomic E-state index is 11.5. The Labute approximate surface area is 176 Å². The predicted octanol–water partition coefficient (Wildman–Crippen LogP) is 1.97. The highest BCUT2D eigenvalue weighted by molar-refractivity contribution is 14.0. The molecule has 0 radical (unpaired) electrons. The van der Waals surface area contributed by atoms with Crippen LogP contribution in [0.5, 0.6) is 0 Å². The van der Waals surface area contributed by atoms with E-state index in [2.05, 4.69) is 20.9 Å². The van der Waals surface area contributed by atoms with E-state index in [9.17, 15) is 9.59 Å². The highest BCUT2D eigenvalue weighted by Gasteiger charge is 2.15. The van der Waals surface area contributed by atoms with Crippen LogP contribution in [-0.4, -0.2) is 43.2 Å². The average molecular weight is 495 g/mol. The number of alkyl carbamates (subject to hydrolysis) is 1. The first-order valence-electron chi connectivity index (χ1n) is 8.59. The fourth-order valence-corrected chi connectivity index (χ4v) is 1.89. The van der Waals surface area contributed by atoms with E-state index in [1.54, 1.807) is 6.07 Å². The van der Waals surface area contributed by atoms with E-state index in [-0.39, 0.29) is 36.3 Å². The van der Waals surface area contributed by atoms with Gasteiger partial charge in [-0.15, -0.1) is 24.0 Å².